The highest BCUT2D eigenvalue weighted by atomic mass is 16.5. The van der Waals surface area contributed by atoms with Gasteiger partial charge in [-0.2, -0.15) is 0 Å². The molecule has 26 heavy (non-hydrogen) atoms. The maximum absolute atomic E-state index is 12.6. The number of carbonyl (C=O) groups excluding carboxylic acids is 1. The van der Waals surface area contributed by atoms with Crippen molar-refractivity contribution in [3.8, 4) is 0 Å². The van der Waals surface area contributed by atoms with Gasteiger partial charge in [-0.3, -0.25) is 4.79 Å². The molecule has 1 saturated carbocycles. The van der Waals surface area contributed by atoms with Crippen LogP contribution in [0.5, 0.6) is 0 Å². The molecule has 3 rings (SSSR count). The van der Waals surface area contributed by atoms with Crippen molar-refractivity contribution in [3.63, 3.8) is 0 Å². The fourth-order valence-electron chi connectivity index (χ4n) is 3.95. The molecular formula is C21H30N2O3. The van der Waals surface area contributed by atoms with E-state index in [1.807, 2.05) is 18.2 Å². The van der Waals surface area contributed by atoms with E-state index in [1.165, 1.54) is 37.8 Å². The third-order valence-electron chi connectivity index (χ3n) is 5.24. The van der Waals surface area contributed by atoms with Gasteiger partial charge in [0.2, 0.25) is 0 Å². The van der Waals surface area contributed by atoms with Crippen LogP contribution in [0.4, 0.5) is 0 Å². The SMILES string of the molecule is Cc1cc(C(=O)NCCCOCc2ccco2)c(C)n1C1CCCCC1. The number of rotatable bonds is 8. The Morgan fingerprint density at radius 2 is 2.12 bits per heavy atom. The van der Waals surface area contributed by atoms with E-state index in [-0.39, 0.29) is 5.91 Å². The van der Waals surface area contributed by atoms with E-state index in [1.54, 1.807) is 6.26 Å². The molecule has 5 nitrogen and oxygen atoms in total. The first-order chi connectivity index (χ1) is 12.7. The summed E-state index contributed by atoms with van der Waals surface area (Å²) >= 11 is 0. The predicted octanol–water partition coefficient (Wildman–Crippen LogP) is 4.54. The molecule has 0 aliphatic heterocycles. The van der Waals surface area contributed by atoms with E-state index in [0.29, 0.717) is 25.8 Å². The molecule has 1 aliphatic carbocycles. The van der Waals surface area contributed by atoms with E-state index in [9.17, 15) is 4.79 Å². The fraction of sp³-hybridized carbons (Fsp3) is 0.571. The number of furan rings is 1. The Morgan fingerprint density at radius 3 is 2.85 bits per heavy atom. The van der Waals surface area contributed by atoms with Crippen LogP contribution in [0.25, 0.3) is 0 Å². The topological polar surface area (TPSA) is 56.4 Å². The van der Waals surface area contributed by atoms with E-state index >= 15 is 0 Å². The molecule has 1 amide bonds. The minimum atomic E-state index is 0.0196. The molecule has 0 radical (unpaired) electrons. The number of aryl methyl sites for hydroxylation is 1. The molecule has 1 N–H and O–H groups in total. The van der Waals surface area contributed by atoms with E-state index in [0.717, 1.165) is 23.4 Å². The van der Waals surface area contributed by atoms with Gasteiger partial charge in [-0.25, -0.2) is 0 Å². The Hall–Kier alpha value is -2.01. The Bertz CT molecular complexity index is 697. The molecule has 0 aromatic carbocycles. The largest absolute Gasteiger partial charge is 0.467 e. The third-order valence-corrected chi connectivity index (χ3v) is 5.24. The quantitative estimate of drug-likeness (QED) is 0.705. The van der Waals surface area contributed by atoms with Crippen molar-refractivity contribution in [2.45, 2.75) is 65.0 Å². The second-order valence-corrected chi connectivity index (χ2v) is 7.19. The van der Waals surface area contributed by atoms with Crippen LogP contribution >= 0.6 is 0 Å². The fourth-order valence-corrected chi connectivity index (χ4v) is 3.95. The van der Waals surface area contributed by atoms with Crippen molar-refractivity contribution < 1.29 is 13.9 Å². The number of carbonyl (C=O) groups is 1. The molecule has 0 unspecified atom stereocenters. The highest BCUT2D eigenvalue weighted by molar-refractivity contribution is 5.95. The van der Waals surface area contributed by atoms with Crippen molar-refractivity contribution in [1.82, 2.24) is 9.88 Å². The van der Waals surface area contributed by atoms with Crippen molar-refractivity contribution in [2.24, 2.45) is 0 Å². The maximum Gasteiger partial charge on any atom is 0.253 e. The molecule has 0 atom stereocenters. The molecule has 2 heterocycles. The van der Waals surface area contributed by atoms with Crippen molar-refractivity contribution in [3.05, 3.63) is 47.2 Å². The van der Waals surface area contributed by atoms with Gasteiger partial charge in [-0.05, 0) is 51.3 Å². The van der Waals surface area contributed by atoms with Crippen molar-refractivity contribution in [1.29, 1.82) is 0 Å². The average Bonchev–Trinajstić information content (AvgIpc) is 3.26. The molecule has 0 saturated heterocycles. The van der Waals surface area contributed by atoms with Crippen LogP contribution in [0.2, 0.25) is 0 Å². The van der Waals surface area contributed by atoms with Crippen LogP contribution in [-0.4, -0.2) is 23.6 Å². The van der Waals surface area contributed by atoms with Crippen LogP contribution in [0.15, 0.2) is 28.9 Å². The van der Waals surface area contributed by atoms with E-state index in [2.05, 4.69) is 23.7 Å². The summed E-state index contributed by atoms with van der Waals surface area (Å²) in [5.41, 5.74) is 3.10. The lowest BCUT2D eigenvalue weighted by Crippen LogP contribution is -2.26. The number of ether oxygens (including phenoxy) is 1. The summed E-state index contributed by atoms with van der Waals surface area (Å²) in [6.45, 7) is 5.87. The Kier molecular flexibility index (Phi) is 6.56. The molecule has 1 aliphatic rings. The van der Waals surface area contributed by atoms with Crippen LogP contribution in [0.3, 0.4) is 0 Å². The van der Waals surface area contributed by atoms with Crippen LogP contribution in [0, 0.1) is 13.8 Å². The molecular weight excluding hydrogens is 328 g/mol. The third kappa shape index (κ3) is 4.58. The van der Waals surface area contributed by atoms with Gasteiger partial charge in [-0.1, -0.05) is 19.3 Å². The number of aromatic nitrogens is 1. The van der Waals surface area contributed by atoms with Crippen LogP contribution in [-0.2, 0) is 11.3 Å². The summed E-state index contributed by atoms with van der Waals surface area (Å²) in [6, 6.07) is 6.33. The van der Waals surface area contributed by atoms with Crippen molar-refractivity contribution >= 4 is 5.91 Å². The zero-order valence-corrected chi connectivity index (χ0v) is 15.9. The zero-order chi connectivity index (χ0) is 18.4. The molecule has 1 fully saturated rings. The summed E-state index contributed by atoms with van der Waals surface area (Å²) in [7, 11) is 0. The normalized spacial score (nSPS) is 15.3. The number of nitrogens with zero attached hydrogens (tertiary/aromatic N) is 1. The number of hydrogen-bond acceptors (Lipinski definition) is 3. The molecule has 2 aromatic heterocycles. The Labute approximate surface area is 155 Å². The second-order valence-electron chi connectivity index (χ2n) is 7.19. The highest BCUT2D eigenvalue weighted by Crippen LogP contribution is 2.32. The molecule has 0 spiro atoms. The van der Waals surface area contributed by atoms with Gasteiger partial charge in [-0.15, -0.1) is 0 Å². The smallest absolute Gasteiger partial charge is 0.253 e. The minimum Gasteiger partial charge on any atom is -0.467 e. The predicted molar refractivity (Wildman–Crippen MR) is 101 cm³/mol. The summed E-state index contributed by atoms with van der Waals surface area (Å²) in [4.78, 5) is 12.6. The molecule has 0 bridgehead atoms. The van der Waals surface area contributed by atoms with E-state index in [4.69, 9.17) is 9.15 Å². The van der Waals surface area contributed by atoms with Gasteiger partial charge in [0.05, 0.1) is 11.8 Å². The van der Waals surface area contributed by atoms with E-state index < -0.39 is 0 Å². The molecule has 2 aromatic rings. The maximum atomic E-state index is 12.6. The number of amides is 1. The van der Waals surface area contributed by atoms with Gasteiger partial charge >= 0.3 is 0 Å². The first-order valence-electron chi connectivity index (χ1n) is 9.73. The van der Waals surface area contributed by atoms with Crippen LogP contribution < -0.4 is 5.32 Å². The second kappa shape index (κ2) is 9.08. The Morgan fingerprint density at radius 1 is 1.31 bits per heavy atom. The average molecular weight is 358 g/mol. The minimum absolute atomic E-state index is 0.0196. The monoisotopic (exact) mass is 358 g/mol. The number of hydrogen-bond donors (Lipinski definition) is 1. The summed E-state index contributed by atoms with van der Waals surface area (Å²) in [5.74, 6) is 0.843. The first kappa shape index (κ1) is 18.8. The van der Waals surface area contributed by atoms with Gasteiger partial charge in [0, 0.05) is 30.6 Å². The van der Waals surface area contributed by atoms with Gasteiger partial charge in [0.1, 0.15) is 12.4 Å². The summed E-state index contributed by atoms with van der Waals surface area (Å²) < 4.78 is 13.1. The standard InChI is InChI=1S/C21H30N2O3/c1-16-14-20(17(2)23(16)18-8-4-3-5-9-18)21(24)22-11-7-12-25-15-19-10-6-13-26-19/h6,10,13-14,18H,3-5,7-9,11-12,15H2,1-2H3,(H,22,24). The molecule has 142 valence electrons. The zero-order valence-electron chi connectivity index (χ0n) is 15.9. The van der Waals surface area contributed by atoms with Gasteiger partial charge < -0.3 is 19.0 Å². The number of nitrogens with one attached hydrogen (secondary N) is 1. The molecule has 5 heteroatoms. The van der Waals surface area contributed by atoms with Gasteiger partial charge in [0.15, 0.2) is 0 Å². The lowest BCUT2D eigenvalue weighted by molar-refractivity contribution is 0.0916. The summed E-state index contributed by atoms with van der Waals surface area (Å²) in [5, 5.41) is 3.02. The highest BCUT2D eigenvalue weighted by Gasteiger charge is 2.22. The van der Waals surface area contributed by atoms with Crippen molar-refractivity contribution in [2.75, 3.05) is 13.2 Å². The lowest BCUT2D eigenvalue weighted by atomic mass is 9.95. The van der Waals surface area contributed by atoms with Gasteiger partial charge in [0.25, 0.3) is 5.91 Å². The Balaban J connectivity index is 1.45. The van der Waals surface area contributed by atoms with Crippen LogP contribution in [0.1, 0.15) is 72.1 Å². The summed E-state index contributed by atoms with van der Waals surface area (Å²) in [6.07, 6.45) is 8.80. The lowest BCUT2D eigenvalue weighted by Gasteiger charge is -2.26. The first-order valence-corrected chi connectivity index (χ1v) is 9.73.